The first-order chi connectivity index (χ1) is 8.66. The first-order valence-electron chi connectivity index (χ1n) is 5.32. The molecule has 2 rings (SSSR count). The molecule has 0 spiro atoms. The van der Waals surface area contributed by atoms with E-state index in [0.717, 1.165) is 11.6 Å². The van der Waals surface area contributed by atoms with E-state index in [1.165, 1.54) is 12.1 Å². The Bertz CT molecular complexity index is 558. The molecule has 2 aromatic rings. The van der Waals surface area contributed by atoms with Gasteiger partial charge >= 0.3 is 5.97 Å². The molecule has 1 heterocycles. The lowest BCUT2D eigenvalue weighted by Gasteiger charge is -2.09. The number of nitrogens with zero attached hydrogens (tertiary/aromatic N) is 1. The molecular weight excluding hydrogens is 235 g/mol. The first-order valence-corrected chi connectivity index (χ1v) is 5.32. The molecule has 0 saturated heterocycles. The van der Waals surface area contributed by atoms with Crippen LogP contribution in [0.1, 0.15) is 15.9 Å². The summed E-state index contributed by atoms with van der Waals surface area (Å²) < 4.78 is 13.0. The number of pyridine rings is 1. The molecule has 0 radical (unpaired) electrons. The third kappa shape index (κ3) is 2.82. The molecule has 0 unspecified atom stereocenters. The van der Waals surface area contributed by atoms with E-state index in [4.69, 9.17) is 5.11 Å². The molecule has 0 aliphatic heterocycles. The van der Waals surface area contributed by atoms with Gasteiger partial charge in [-0.05, 0) is 29.8 Å². The summed E-state index contributed by atoms with van der Waals surface area (Å²) in [4.78, 5) is 14.9. The molecule has 0 saturated carbocycles. The van der Waals surface area contributed by atoms with Crippen LogP contribution in [-0.2, 0) is 6.54 Å². The van der Waals surface area contributed by atoms with Gasteiger partial charge in [-0.1, -0.05) is 6.07 Å². The van der Waals surface area contributed by atoms with Crippen LogP contribution in [0.4, 0.5) is 10.1 Å². The fraction of sp³-hybridized carbons (Fsp3) is 0.0769. The van der Waals surface area contributed by atoms with Crippen molar-refractivity contribution in [2.75, 3.05) is 5.32 Å². The predicted octanol–water partition coefficient (Wildman–Crippen LogP) is 2.53. The van der Waals surface area contributed by atoms with Gasteiger partial charge in [0.05, 0.1) is 5.56 Å². The molecule has 1 aromatic heterocycles. The average Bonchev–Trinajstić information content (AvgIpc) is 2.38. The van der Waals surface area contributed by atoms with Crippen molar-refractivity contribution in [3.8, 4) is 0 Å². The number of hydrogen-bond acceptors (Lipinski definition) is 3. The molecular formula is C13H11FN2O2. The SMILES string of the molecule is O=C(O)c1cc(F)ccc1NCc1cccnc1. The summed E-state index contributed by atoms with van der Waals surface area (Å²) in [7, 11) is 0. The molecule has 4 nitrogen and oxygen atoms in total. The molecule has 18 heavy (non-hydrogen) atoms. The van der Waals surface area contributed by atoms with Crippen molar-refractivity contribution in [2.45, 2.75) is 6.54 Å². The third-order valence-electron chi connectivity index (χ3n) is 2.42. The number of hydrogen-bond donors (Lipinski definition) is 2. The van der Waals surface area contributed by atoms with Crippen molar-refractivity contribution in [1.82, 2.24) is 4.98 Å². The highest BCUT2D eigenvalue weighted by Gasteiger charge is 2.10. The Hall–Kier alpha value is -2.43. The summed E-state index contributed by atoms with van der Waals surface area (Å²) in [5.74, 6) is -1.73. The van der Waals surface area contributed by atoms with Crippen LogP contribution in [0.2, 0.25) is 0 Å². The number of carboxylic acid groups (broad SMARTS) is 1. The summed E-state index contributed by atoms with van der Waals surface area (Å²) in [5.41, 5.74) is 1.21. The van der Waals surface area contributed by atoms with Gasteiger partial charge in [-0.2, -0.15) is 0 Å². The summed E-state index contributed by atoms with van der Waals surface area (Å²) in [6, 6.07) is 7.28. The van der Waals surface area contributed by atoms with E-state index in [-0.39, 0.29) is 5.56 Å². The van der Waals surface area contributed by atoms with Gasteiger partial charge in [0, 0.05) is 24.6 Å². The summed E-state index contributed by atoms with van der Waals surface area (Å²) in [5, 5.41) is 11.9. The van der Waals surface area contributed by atoms with E-state index in [2.05, 4.69) is 10.3 Å². The Morgan fingerprint density at radius 2 is 2.22 bits per heavy atom. The highest BCUT2D eigenvalue weighted by atomic mass is 19.1. The largest absolute Gasteiger partial charge is 0.478 e. The van der Waals surface area contributed by atoms with Gasteiger partial charge in [-0.15, -0.1) is 0 Å². The zero-order chi connectivity index (χ0) is 13.0. The number of anilines is 1. The smallest absolute Gasteiger partial charge is 0.337 e. The fourth-order valence-corrected chi connectivity index (χ4v) is 1.55. The van der Waals surface area contributed by atoms with E-state index < -0.39 is 11.8 Å². The summed E-state index contributed by atoms with van der Waals surface area (Å²) in [6.45, 7) is 0.430. The average molecular weight is 246 g/mol. The van der Waals surface area contributed by atoms with Crippen LogP contribution in [0.5, 0.6) is 0 Å². The number of carbonyl (C=O) groups is 1. The first kappa shape index (κ1) is 12.0. The number of benzene rings is 1. The van der Waals surface area contributed by atoms with Crippen LogP contribution in [0, 0.1) is 5.82 Å². The number of nitrogens with one attached hydrogen (secondary N) is 1. The zero-order valence-electron chi connectivity index (χ0n) is 9.43. The second-order valence-corrected chi connectivity index (χ2v) is 3.71. The minimum absolute atomic E-state index is 0.0844. The van der Waals surface area contributed by atoms with E-state index in [0.29, 0.717) is 12.2 Å². The zero-order valence-corrected chi connectivity index (χ0v) is 9.43. The predicted molar refractivity (Wildman–Crippen MR) is 64.9 cm³/mol. The maximum atomic E-state index is 13.0. The molecule has 2 N–H and O–H groups in total. The molecule has 0 fully saturated rings. The van der Waals surface area contributed by atoms with Crippen LogP contribution in [0.25, 0.3) is 0 Å². The highest BCUT2D eigenvalue weighted by Crippen LogP contribution is 2.17. The number of rotatable bonds is 4. The summed E-state index contributed by atoms with van der Waals surface area (Å²) >= 11 is 0. The maximum Gasteiger partial charge on any atom is 0.337 e. The van der Waals surface area contributed by atoms with Crippen molar-refractivity contribution in [3.63, 3.8) is 0 Å². The third-order valence-corrected chi connectivity index (χ3v) is 2.42. The topological polar surface area (TPSA) is 62.2 Å². The number of aromatic carboxylic acids is 1. The molecule has 0 amide bonds. The number of carboxylic acids is 1. The minimum atomic E-state index is -1.16. The minimum Gasteiger partial charge on any atom is -0.478 e. The van der Waals surface area contributed by atoms with Crippen LogP contribution in [0.3, 0.4) is 0 Å². The van der Waals surface area contributed by atoms with Gasteiger partial charge in [-0.25, -0.2) is 9.18 Å². The van der Waals surface area contributed by atoms with Crippen molar-refractivity contribution in [3.05, 3.63) is 59.7 Å². The van der Waals surface area contributed by atoms with Gasteiger partial charge < -0.3 is 10.4 Å². The molecule has 5 heteroatoms. The van der Waals surface area contributed by atoms with Crippen LogP contribution in [0.15, 0.2) is 42.7 Å². The molecule has 0 aliphatic carbocycles. The molecule has 0 aliphatic rings. The monoisotopic (exact) mass is 246 g/mol. The van der Waals surface area contributed by atoms with Gasteiger partial charge in [-0.3, -0.25) is 4.98 Å². The summed E-state index contributed by atoms with van der Waals surface area (Å²) in [6.07, 6.45) is 3.33. The van der Waals surface area contributed by atoms with Crippen LogP contribution in [-0.4, -0.2) is 16.1 Å². The van der Waals surface area contributed by atoms with Crippen molar-refractivity contribution < 1.29 is 14.3 Å². The lowest BCUT2D eigenvalue weighted by molar-refractivity contribution is 0.0697. The Morgan fingerprint density at radius 3 is 2.89 bits per heavy atom. The van der Waals surface area contributed by atoms with E-state index in [9.17, 15) is 9.18 Å². The molecule has 92 valence electrons. The number of halogens is 1. The van der Waals surface area contributed by atoms with E-state index in [1.807, 2.05) is 6.07 Å². The van der Waals surface area contributed by atoms with Crippen molar-refractivity contribution in [2.24, 2.45) is 0 Å². The van der Waals surface area contributed by atoms with E-state index >= 15 is 0 Å². The Morgan fingerprint density at radius 1 is 1.39 bits per heavy atom. The lowest BCUT2D eigenvalue weighted by Crippen LogP contribution is -2.07. The van der Waals surface area contributed by atoms with Gasteiger partial charge in [0.2, 0.25) is 0 Å². The second kappa shape index (κ2) is 5.27. The van der Waals surface area contributed by atoms with Gasteiger partial charge in [0.15, 0.2) is 0 Å². The molecule has 0 atom stereocenters. The quantitative estimate of drug-likeness (QED) is 0.870. The van der Waals surface area contributed by atoms with E-state index in [1.54, 1.807) is 18.5 Å². The Kier molecular flexibility index (Phi) is 3.52. The standard InChI is InChI=1S/C13H11FN2O2/c14-10-3-4-12(11(6-10)13(17)18)16-8-9-2-1-5-15-7-9/h1-7,16H,8H2,(H,17,18). The lowest BCUT2D eigenvalue weighted by atomic mass is 10.1. The normalized spacial score (nSPS) is 10.1. The Balaban J connectivity index is 2.17. The maximum absolute atomic E-state index is 13.0. The van der Waals surface area contributed by atoms with Crippen molar-refractivity contribution >= 4 is 11.7 Å². The van der Waals surface area contributed by atoms with Gasteiger partial charge in [0.1, 0.15) is 5.82 Å². The van der Waals surface area contributed by atoms with Gasteiger partial charge in [0.25, 0.3) is 0 Å². The number of aromatic nitrogens is 1. The van der Waals surface area contributed by atoms with Crippen molar-refractivity contribution in [1.29, 1.82) is 0 Å². The molecule has 0 bridgehead atoms. The Labute approximate surface area is 103 Å². The molecule has 1 aromatic carbocycles. The fourth-order valence-electron chi connectivity index (χ4n) is 1.55. The van der Waals surface area contributed by atoms with Crippen LogP contribution < -0.4 is 5.32 Å². The van der Waals surface area contributed by atoms with Crippen LogP contribution >= 0.6 is 0 Å². The highest BCUT2D eigenvalue weighted by molar-refractivity contribution is 5.94. The second-order valence-electron chi connectivity index (χ2n) is 3.71.